The van der Waals surface area contributed by atoms with Gasteiger partial charge in [0.15, 0.2) is 17.0 Å². The minimum atomic E-state index is -0.542. The molecular formula is C19H19N5O5. The van der Waals surface area contributed by atoms with Gasteiger partial charge in [-0.3, -0.25) is 9.59 Å². The van der Waals surface area contributed by atoms with Gasteiger partial charge in [0, 0.05) is 19.2 Å². The van der Waals surface area contributed by atoms with Gasteiger partial charge in [-0.1, -0.05) is 12.1 Å². The van der Waals surface area contributed by atoms with E-state index in [1.165, 1.54) is 13.2 Å². The second-order valence-electron chi connectivity index (χ2n) is 6.29. The zero-order valence-corrected chi connectivity index (χ0v) is 15.8. The van der Waals surface area contributed by atoms with E-state index in [1.54, 1.807) is 24.3 Å². The third kappa shape index (κ3) is 4.16. The molecule has 3 heterocycles. The molecule has 150 valence electrons. The van der Waals surface area contributed by atoms with Gasteiger partial charge >= 0.3 is 6.01 Å². The van der Waals surface area contributed by atoms with E-state index in [2.05, 4.69) is 20.3 Å². The Morgan fingerprint density at radius 2 is 2.00 bits per heavy atom. The topological polar surface area (TPSA) is 120 Å². The molecule has 0 radical (unpaired) electrons. The Morgan fingerprint density at radius 3 is 2.79 bits per heavy atom. The molecule has 29 heavy (non-hydrogen) atoms. The Hall–Kier alpha value is -3.53. The fourth-order valence-corrected chi connectivity index (χ4v) is 2.92. The summed E-state index contributed by atoms with van der Waals surface area (Å²) in [4.78, 5) is 39.4. The second-order valence-corrected chi connectivity index (χ2v) is 6.29. The molecule has 1 N–H and O–H groups in total. The van der Waals surface area contributed by atoms with E-state index in [-0.39, 0.29) is 23.7 Å². The summed E-state index contributed by atoms with van der Waals surface area (Å²) in [6.45, 7) is 2.50. The van der Waals surface area contributed by atoms with Crippen molar-refractivity contribution in [3.8, 4) is 6.01 Å². The number of para-hydroxylation sites is 1. The van der Waals surface area contributed by atoms with Crippen LogP contribution in [0, 0.1) is 0 Å². The maximum atomic E-state index is 12.5. The molecule has 1 fully saturated rings. The van der Waals surface area contributed by atoms with E-state index < -0.39 is 5.91 Å². The zero-order chi connectivity index (χ0) is 20.2. The SMILES string of the molecule is COc1nc(CNC(=O)c2cc(=O)c3ccccc3o2)nc(N2CCOCC2)n1. The monoisotopic (exact) mass is 397 g/mol. The first kappa shape index (κ1) is 18.8. The number of methoxy groups -OCH3 is 1. The van der Waals surface area contributed by atoms with Crippen LogP contribution in [0.2, 0.25) is 0 Å². The highest BCUT2D eigenvalue weighted by molar-refractivity contribution is 5.93. The number of hydrogen-bond donors (Lipinski definition) is 1. The average molecular weight is 397 g/mol. The number of benzene rings is 1. The number of rotatable bonds is 5. The molecule has 0 unspecified atom stereocenters. The molecule has 0 bridgehead atoms. The number of morpholine rings is 1. The van der Waals surface area contributed by atoms with Crippen molar-refractivity contribution in [1.29, 1.82) is 0 Å². The molecule has 0 atom stereocenters. The summed E-state index contributed by atoms with van der Waals surface area (Å²) in [5.41, 5.74) is 0.0648. The van der Waals surface area contributed by atoms with Crippen LogP contribution in [0.5, 0.6) is 6.01 Å². The van der Waals surface area contributed by atoms with Crippen molar-refractivity contribution in [2.24, 2.45) is 0 Å². The van der Waals surface area contributed by atoms with Crippen molar-refractivity contribution in [3.05, 3.63) is 52.1 Å². The maximum Gasteiger partial charge on any atom is 0.321 e. The van der Waals surface area contributed by atoms with Gasteiger partial charge in [0.2, 0.25) is 5.95 Å². The quantitative estimate of drug-likeness (QED) is 0.665. The van der Waals surface area contributed by atoms with Crippen molar-refractivity contribution < 1.29 is 18.7 Å². The number of amides is 1. The lowest BCUT2D eigenvalue weighted by Gasteiger charge is -2.26. The summed E-state index contributed by atoms with van der Waals surface area (Å²) in [6.07, 6.45) is 0. The van der Waals surface area contributed by atoms with Crippen LogP contribution in [0.25, 0.3) is 11.0 Å². The molecule has 0 saturated carbocycles. The molecule has 1 aromatic carbocycles. The summed E-state index contributed by atoms with van der Waals surface area (Å²) in [7, 11) is 1.46. The number of nitrogens with one attached hydrogen (secondary N) is 1. The van der Waals surface area contributed by atoms with Crippen LogP contribution in [0.15, 0.2) is 39.5 Å². The van der Waals surface area contributed by atoms with Gasteiger partial charge in [0.05, 0.1) is 32.3 Å². The predicted molar refractivity (Wildman–Crippen MR) is 103 cm³/mol. The number of carbonyl (C=O) groups excluding carboxylic acids is 1. The van der Waals surface area contributed by atoms with E-state index in [9.17, 15) is 9.59 Å². The Morgan fingerprint density at radius 1 is 1.21 bits per heavy atom. The highest BCUT2D eigenvalue weighted by atomic mass is 16.5. The normalized spacial score (nSPS) is 14.0. The Balaban J connectivity index is 1.52. The Kier molecular flexibility index (Phi) is 5.34. The van der Waals surface area contributed by atoms with E-state index in [0.29, 0.717) is 49.0 Å². The van der Waals surface area contributed by atoms with E-state index in [1.807, 2.05) is 4.90 Å². The van der Waals surface area contributed by atoms with Crippen LogP contribution >= 0.6 is 0 Å². The molecular weight excluding hydrogens is 378 g/mol. The van der Waals surface area contributed by atoms with E-state index in [0.717, 1.165) is 0 Å². The second kappa shape index (κ2) is 8.23. The van der Waals surface area contributed by atoms with Crippen molar-refractivity contribution in [2.45, 2.75) is 6.54 Å². The average Bonchev–Trinajstić information content (AvgIpc) is 2.77. The van der Waals surface area contributed by atoms with Crippen LogP contribution in [0.4, 0.5) is 5.95 Å². The van der Waals surface area contributed by atoms with Crippen LogP contribution in [-0.4, -0.2) is 54.3 Å². The number of fused-ring (bicyclic) bond motifs is 1. The summed E-state index contributed by atoms with van der Waals surface area (Å²) in [6, 6.07) is 8.08. The van der Waals surface area contributed by atoms with Crippen molar-refractivity contribution in [3.63, 3.8) is 0 Å². The summed E-state index contributed by atoms with van der Waals surface area (Å²) >= 11 is 0. The first-order valence-electron chi connectivity index (χ1n) is 9.07. The highest BCUT2D eigenvalue weighted by Crippen LogP contribution is 2.14. The number of nitrogens with zero attached hydrogens (tertiary/aromatic N) is 4. The van der Waals surface area contributed by atoms with Gasteiger partial charge in [-0.2, -0.15) is 15.0 Å². The minimum absolute atomic E-state index is 0.0194. The minimum Gasteiger partial charge on any atom is -0.467 e. The number of hydrogen-bond acceptors (Lipinski definition) is 9. The fraction of sp³-hybridized carbons (Fsp3) is 0.316. The zero-order valence-electron chi connectivity index (χ0n) is 15.8. The molecule has 1 amide bonds. The van der Waals surface area contributed by atoms with Crippen LogP contribution in [0.3, 0.4) is 0 Å². The molecule has 1 aliphatic heterocycles. The van der Waals surface area contributed by atoms with Gasteiger partial charge in [-0.05, 0) is 12.1 Å². The standard InChI is InChI=1S/C19H19N5O5/c1-27-19-22-16(21-18(23-19)24-6-8-28-9-7-24)11-20-17(26)15-10-13(25)12-4-2-3-5-14(12)29-15/h2-5,10H,6-9,11H2,1H3,(H,20,26). The van der Waals surface area contributed by atoms with Gasteiger partial charge in [-0.15, -0.1) is 0 Å². The molecule has 1 saturated heterocycles. The molecule has 0 aliphatic carbocycles. The van der Waals surface area contributed by atoms with Gasteiger partial charge < -0.3 is 24.1 Å². The summed E-state index contributed by atoms with van der Waals surface area (Å²) in [5, 5.41) is 3.08. The fourth-order valence-electron chi connectivity index (χ4n) is 2.92. The first-order chi connectivity index (χ1) is 14.1. The largest absolute Gasteiger partial charge is 0.467 e. The lowest BCUT2D eigenvalue weighted by atomic mass is 10.2. The van der Waals surface area contributed by atoms with E-state index >= 15 is 0 Å². The molecule has 10 heteroatoms. The van der Waals surface area contributed by atoms with Gasteiger partial charge in [0.1, 0.15) is 5.58 Å². The van der Waals surface area contributed by atoms with Crippen LogP contribution < -0.4 is 20.4 Å². The molecule has 2 aromatic heterocycles. The van der Waals surface area contributed by atoms with Crippen molar-refractivity contribution >= 4 is 22.8 Å². The molecule has 1 aliphatic rings. The third-order valence-corrected chi connectivity index (χ3v) is 4.39. The smallest absolute Gasteiger partial charge is 0.321 e. The highest BCUT2D eigenvalue weighted by Gasteiger charge is 2.18. The van der Waals surface area contributed by atoms with Gasteiger partial charge in [0.25, 0.3) is 5.91 Å². The van der Waals surface area contributed by atoms with Gasteiger partial charge in [-0.25, -0.2) is 0 Å². The summed E-state index contributed by atoms with van der Waals surface area (Å²) < 4.78 is 16.0. The molecule has 10 nitrogen and oxygen atoms in total. The maximum absolute atomic E-state index is 12.5. The number of aromatic nitrogens is 3. The lowest BCUT2D eigenvalue weighted by molar-refractivity contribution is 0.0922. The van der Waals surface area contributed by atoms with Crippen molar-refractivity contribution in [1.82, 2.24) is 20.3 Å². The molecule has 4 rings (SSSR count). The number of ether oxygens (including phenoxy) is 2. The third-order valence-electron chi connectivity index (χ3n) is 4.39. The van der Waals surface area contributed by atoms with Crippen LogP contribution in [-0.2, 0) is 11.3 Å². The molecule has 0 spiro atoms. The first-order valence-corrected chi connectivity index (χ1v) is 9.07. The lowest BCUT2D eigenvalue weighted by Crippen LogP contribution is -2.37. The summed E-state index contributed by atoms with van der Waals surface area (Å²) in [5.74, 6) is 0.166. The Labute approximate surface area is 165 Å². The number of anilines is 1. The van der Waals surface area contributed by atoms with E-state index in [4.69, 9.17) is 13.9 Å². The van der Waals surface area contributed by atoms with Crippen LogP contribution in [0.1, 0.15) is 16.4 Å². The number of carbonyl (C=O) groups is 1. The predicted octanol–water partition coefficient (Wildman–Crippen LogP) is 0.753. The Bertz CT molecular complexity index is 1090. The molecule has 3 aromatic rings. The van der Waals surface area contributed by atoms with Crippen molar-refractivity contribution in [2.75, 3.05) is 38.3 Å².